The molecule has 23 heavy (non-hydrogen) atoms. The summed E-state index contributed by atoms with van der Waals surface area (Å²) < 4.78 is 5.11. The van der Waals surface area contributed by atoms with Crippen molar-refractivity contribution in [1.29, 1.82) is 0 Å². The van der Waals surface area contributed by atoms with E-state index in [4.69, 9.17) is 9.84 Å². The molecule has 2 heterocycles. The van der Waals surface area contributed by atoms with Gasteiger partial charge in [0.05, 0.1) is 23.3 Å². The number of rotatable bonds is 2. The van der Waals surface area contributed by atoms with Crippen LogP contribution in [-0.2, 0) is 16.0 Å². The third-order valence-corrected chi connectivity index (χ3v) is 2.88. The minimum Gasteiger partial charge on any atom is -0.465 e. The number of pyridine rings is 1. The largest absolute Gasteiger partial charge is 0.465 e. The van der Waals surface area contributed by atoms with Gasteiger partial charge in [-0.1, -0.05) is 0 Å². The highest BCUT2D eigenvalue weighted by Gasteiger charge is 2.30. The highest BCUT2D eigenvalue weighted by atomic mass is 16.6. The van der Waals surface area contributed by atoms with Crippen LogP contribution in [0.4, 0.5) is 21.0 Å². The molecule has 2 rings (SSSR count). The van der Waals surface area contributed by atoms with Crippen molar-refractivity contribution in [3.8, 4) is 0 Å². The number of hydrogen-bond acceptors (Lipinski definition) is 5. The van der Waals surface area contributed by atoms with E-state index in [2.05, 4.69) is 20.9 Å². The van der Waals surface area contributed by atoms with Gasteiger partial charge < -0.3 is 20.5 Å². The van der Waals surface area contributed by atoms with Crippen LogP contribution < -0.4 is 16.0 Å². The van der Waals surface area contributed by atoms with Crippen LogP contribution in [0.25, 0.3) is 0 Å². The number of ether oxygens (including phenoxy) is 1. The molecule has 0 bridgehead atoms. The Morgan fingerprint density at radius 1 is 1.43 bits per heavy atom. The zero-order chi connectivity index (χ0) is 17.2. The van der Waals surface area contributed by atoms with Crippen molar-refractivity contribution in [3.63, 3.8) is 0 Å². The van der Waals surface area contributed by atoms with Gasteiger partial charge in [0.1, 0.15) is 11.6 Å². The fraction of sp³-hybridized carbons (Fsp3) is 0.429. The SMILES string of the molecule is CC(C)(C)OC(=O)NC1Cc2ncc(NC(=O)O)cc2NC1=O. The molecule has 1 aliphatic heterocycles. The van der Waals surface area contributed by atoms with Crippen LogP contribution in [0.1, 0.15) is 26.5 Å². The summed E-state index contributed by atoms with van der Waals surface area (Å²) in [5, 5.41) is 15.9. The molecule has 0 aliphatic carbocycles. The Morgan fingerprint density at radius 2 is 2.13 bits per heavy atom. The number of carbonyl (C=O) groups excluding carboxylic acids is 2. The van der Waals surface area contributed by atoms with Crippen LogP contribution in [-0.4, -0.2) is 39.8 Å². The quantitative estimate of drug-likeness (QED) is 0.654. The first-order valence-corrected chi connectivity index (χ1v) is 6.93. The molecule has 0 fully saturated rings. The third kappa shape index (κ3) is 4.56. The monoisotopic (exact) mass is 322 g/mol. The Balaban J connectivity index is 2.07. The molecular weight excluding hydrogens is 304 g/mol. The second-order valence-corrected chi connectivity index (χ2v) is 6.04. The molecule has 4 N–H and O–H groups in total. The van der Waals surface area contributed by atoms with E-state index in [1.807, 2.05) is 0 Å². The molecule has 9 nitrogen and oxygen atoms in total. The smallest absolute Gasteiger partial charge is 0.409 e. The maximum Gasteiger partial charge on any atom is 0.409 e. The number of nitrogens with zero attached hydrogens (tertiary/aromatic N) is 1. The van der Waals surface area contributed by atoms with Crippen LogP contribution in [0.15, 0.2) is 12.3 Å². The van der Waals surface area contributed by atoms with Gasteiger partial charge in [0.25, 0.3) is 0 Å². The zero-order valence-electron chi connectivity index (χ0n) is 13.0. The summed E-state index contributed by atoms with van der Waals surface area (Å²) in [6, 6.07) is 0.668. The van der Waals surface area contributed by atoms with Crippen molar-refractivity contribution in [2.45, 2.75) is 38.8 Å². The molecule has 9 heteroatoms. The van der Waals surface area contributed by atoms with E-state index >= 15 is 0 Å². The minimum absolute atomic E-state index is 0.188. The average Bonchev–Trinajstić information content (AvgIpc) is 2.37. The molecule has 3 amide bonds. The number of carboxylic acid groups (broad SMARTS) is 1. The summed E-state index contributed by atoms with van der Waals surface area (Å²) in [6.07, 6.45) is -0.383. The Kier molecular flexibility index (Phi) is 4.39. The predicted octanol–water partition coefficient (Wildman–Crippen LogP) is 1.56. The molecule has 1 unspecified atom stereocenters. The van der Waals surface area contributed by atoms with E-state index < -0.39 is 29.7 Å². The number of nitrogens with one attached hydrogen (secondary N) is 3. The maximum atomic E-state index is 12.0. The summed E-state index contributed by atoms with van der Waals surface area (Å²) in [5.74, 6) is -0.419. The summed E-state index contributed by atoms with van der Waals surface area (Å²) in [6.45, 7) is 5.17. The molecule has 0 saturated heterocycles. The van der Waals surface area contributed by atoms with Gasteiger partial charge in [-0.2, -0.15) is 0 Å². The van der Waals surface area contributed by atoms with Gasteiger partial charge in [-0.3, -0.25) is 15.1 Å². The van der Waals surface area contributed by atoms with Crippen LogP contribution in [0.5, 0.6) is 0 Å². The molecule has 124 valence electrons. The van der Waals surface area contributed by atoms with E-state index in [0.29, 0.717) is 11.4 Å². The number of fused-ring (bicyclic) bond motifs is 1. The molecule has 0 aromatic carbocycles. The van der Waals surface area contributed by atoms with Gasteiger partial charge in [0, 0.05) is 6.42 Å². The normalized spacial score (nSPS) is 16.8. The number of hydrogen-bond donors (Lipinski definition) is 4. The zero-order valence-corrected chi connectivity index (χ0v) is 13.0. The van der Waals surface area contributed by atoms with E-state index in [9.17, 15) is 14.4 Å². The Hall–Kier alpha value is -2.84. The van der Waals surface area contributed by atoms with Gasteiger partial charge in [-0.15, -0.1) is 0 Å². The van der Waals surface area contributed by atoms with E-state index in [-0.39, 0.29) is 12.1 Å². The van der Waals surface area contributed by atoms with E-state index in [1.165, 1.54) is 12.3 Å². The highest BCUT2D eigenvalue weighted by Crippen LogP contribution is 2.24. The summed E-state index contributed by atoms with van der Waals surface area (Å²) in [5.41, 5.74) is 0.531. The number of anilines is 2. The van der Waals surface area contributed by atoms with Crippen molar-refractivity contribution in [2.24, 2.45) is 0 Å². The molecule has 1 aromatic heterocycles. The molecule has 0 saturated carbocycles. The van der Waals surface area contributed by atoms with Gasteiger partial charge in [-0.25, -0.2) is 9.59 Å². The molecule has 1 atom stereocenters. The number of amides is 3. The Labute approximate surface area is 132 Å². The molecule has 1 aliphatic rings. The van der Waals surface area contributed by atoms with Crippen LogP contribution in [0, 0.1) is 0 Å². The Bertz CT molecular complexity index is 653. The van der Waals surface area contributed by atoms with E-state index in [0.717, 1.165) is 0 Å². The van der Waals surface area contributed by atoms with Crippen molar-refractivity contribution in [3.05, 3.63) is 18.0 Å². The fourth-order valence-electron chi connectivity index (χ4n) is 2.03. The van der Waals surface area contributed by atoms with E-state index in [1.54, 1.807) is 20.8 Å². The second kappa shape index (κ2) is 6.11. The summed E-state index contributed by atoms with van der Waals surface area (Å²) in [7, 11) is 0. The van der Waals surface area contributed by atoms with Crippen molar-refractivity contribution in [2.75, 3.05) is 10.6 Å². The lowest BCUT2D eigenvalue weighted by Crippen LogP contribution is -2.49. The first-order chi connectivity index (χ1) is 10.6. The second-order valence-electron chi connectivity index (χ2n) is 6.04. The van der Waals surface area contributed by atoms with Gasteiger partial charge in [-0.05, 0) is 26.8 Å². The average molecular weight is 322 g/mol. The van der Waals surface area contributed by atoms with Gasteiger partial charge in [0.2, 0.25) is 5.91 Å². The molecule has 1 aromatic rings. The fourth-order valence-corrected chi connectivity index (χ4v) is 2.03. The van der Waals surface area contributed by atoms with Crippen LogP contribution in [0.3, 0.4) is 0 Å². The molecule has 0 radical (unpaired) electrons. The topological polar surface area (TPSA) is 130 Å². The van der Waals surface area contributed by atoms with Crippen molar-refractivity contribution >= 4 is 29.5 Å². The van der Waals surface area contributed by atoms with Crippen LogP contribution in [0.2, 0.25) is 0 Å². The summed E-state index contributed by atoms with van der Waals surface area (Å²) >= 11 is 0. The number of carbonyl (C=O) groups is 3. The Morgan fingerprint density at radius 3 is 2.74 bits per heavy atom. The van der Waals surface area contributed by atoms with Crippen LogP contribution >= 0.6 is 0 Å². The van der Waals surface area contributed by atoms with Gasteiger partial charge >= 0.3 is 12.2 Å². The standard InChI is InChI=1S/C14H18N4O5/c1-14(2,3)23-13(22)18-10-5-8-9(17-11(10)19)4-7(6-15-8)16-12(20)21/h4,6,10,16H,5H2,1-3H3,(H,17,19)(H,18,22)(H,20,21). The minimum atomic E-state index is -1.22. The van der Waals surface area contributed by atoms with Crippen molar-refractivity contribution < 1.29 is 24.2 Å². The third-order valence-electron chi connectivity index (χ3n) is 2.88. The predicted molar refractivity (Wildman–Crippen MR) is 81.4 cm³/mol. The molecular formula is C14H18N4O5. The first-order valence-electron chi connectivity index (χ1n) is 6.93. The first kappa shape index (κ1) is 16.5. The van der Waals surface area contributed by atoms with Gasteiger partial charge in [0.15, 0.2) is 0 Å². The lowest BCUT2D eigenvalue weighted by atomic mass is 10.0. The lowest BCUT2D eigenvalue weighted by molar-refractivity contribution is -0.118. The maximum absolute atomic E-state index is 12.0. The number of alkyl carbamates (subject to hydrolysis) is 1. The lowest BCUT2D eigenvalue weighted by Gasteiger charge is -2.26. The van der Waals surface area contributed by atoms with Crippen molar-refractivity contribution in [1.82, 2.24) is 10.3 Å². The summed E-state index contributed by atoms with van der Waals surface area (Å²) in [4.78, 5) is 38.5. The number of aromatic nitrogens is 1. The molecule has 0 spiro atoms. The highest BCUT2D eigenvalue weighted by molar-refractivity contribution is 6.00.